The van der Waals surface area contributed by atoms with Crippen LogP contribution >= 0.6 is 11.8 Å². The highest BCUT2D eigenvalue weighted by Gasteiger charge is 2.13. The van der Waals surface area contributed by atoms with E-state index in [2.05, 4.69) is 47.6 Å². The highest BCUT2D eigenvalue weighted by molar-refractivity contribution is 7.99. The van der Waals surface area contributed by atoms with Gasteiger partial charge in [-0.05, 0) is 43.3 Å². The summed E-state index contributed by atoms with van der Waals surface area (Å²) >= 11 is 1.52. The number of nitrogens with one attached hydrogen (secondary N) is 1. The van der Waals surface area contributed by atoms with Crippen molar-refractivity contribution in [1.82, 2.24) is 15.5 Å². The van der Waals surface area contributed by atoms with Gasteiger partial charge in [-0.25, -0.2) is 0 Å². The second kappa shape index (κ2) is 6.73. The second-order valence-corrected chi connectivity index (χ2v) is 5.40. The number of hydrogen-bond donors (Lipinski definition) is 1. The predicted octanol–water partition coefficient (Wildman–Crippen LogP) is 3.59. The van der Waals surface area contributed by atoms with Gasteiger partial charge in [0.05, 0.1) is 0 Å². The molecule has 1 aromatic heterocycles. The van der Waals surface area contributed by atoms with Gasteiger partial charge in [-0.1, -0.05) is 25.1 Å². The lowest BCUT2D eigenvalue weighted by molar-refractivity contribution is 0.429. The maximum atomic E-state index is 5.42. The molecule has 0 spiro atoms. The zero-order chi connectivity index (χ0) is 13.7. The molecule has 1 aromatic carbocycles. The molecule has 0 saturated heterocycles. The number of nitrogens with zero attached hydrogens (tertiary/aromatic N) is 2. The Bertz CT molecular complexity index is 527. The third-order valence-electron chi connectivity index (χ3n) is 2.79. The highest BCUT2D eigenvalue weighted by Crippen LogP contribution is 2.32. The van der Waals surface area contributed by atoms with Crippen molar-refractivity contribution in [2.24, 2.45) is 0 Å². The van der Waals surface area contributed by atoms with Gasteiger partial charge in [0, 0.05) is 17.9 Å². The van der Waals surface area contributed by atoms with E-state index in [1.54, 1.807) is 6.92 Å². The Morgan fingerprint density at radius 3 is 2.79 bits per heavy atom. The monoisotopic (exact) mass is 277 g/mol. The molecule has 0 bridgehead atoms. The van der Waals surface area contributed by atoms with Crippen molar-refractivity contribution in [2.45, 2.75) is 43.4 Å². The number of rotatable bonds is 6. The molecule has 1 N–H and O–H groups in total. The lowest BCUT2D eigenvalue weighted by atomic mass is 10.1. The molecule has 0 aliphatic heterocycles. The van der Waals surface area contributed by atoms with Gasteiger partial charge in [0.2, 0.25) is 5.89 Å². The minimum Gasteiger partial charge on any atom is -0.416 e. The Morgan fingerprint density at radius 2 is 2.11 bits per heavy atom. The van der Waals surface area contributed by atoms with Crippen molar-refractivity contribution in [2.75, 3.05) is 6.54 Å². The fraction of sp³-hybridized carbons (Fsp3) is 0.429. The molecule has 4 nitrogen and oxygen atoms in total. The van der Waals surface area contributed by atoms with Gasteiger partial charge in [-0.15, -0.1) is 10.2 Å². The van der Waals surface area contributed by atoms with Crippen LogP contribution < -0.4 is 5.32 Å². The van der Waals surface area contributed by atoms with E-state index in [1.165, 1.54) is 17.3 Å². The van der Waals surface area contributed by atoms with E-state index in [9.17, 15) is 0 Å². The van der Waals surface area contributed by atoms with Crippen LogP contribution in [0.3, 0.4) is 0 Å². The molecular formula is C14H19N3OS. The van der Waals surface area contributed by atoms with Crippen LogP contribution in [0.15, 0.2) is 38.8 Å². The van der Waals surface area contributed by atoms with Gasteiger partial charge in [0.15, 0.2) is 0 Å². The molecule has 0 radical (unpaired) electrons. The van der Waals surface area contributed by atoms with Crippen molar-refractivity contribution in [1.29, 1.82) is 0 Å². The van der Waals surface area contributed by atoms with Crippen LogP contribution in [0.2, 0.25) is 0 Å². The summed E-state index contributed by atoms with van der Waals surface area (Å²) in [5.41, 5.74) is 1.26. The van der Waals surface area contributed by atoms with Gasteiger partial charge in [0.25, 0.3) is 5.22 Å². The van der Waals surface area contributed by atoms with Gasteiger partial charge in [-0.3, -0.25) is 0 Å². The van der Waals surface area contributed by atoms with E-state index in [-0.39, 0.29) is 0 Å². The molecule has 2 rings (SSSR count). The standard InChI is InChI=1S/C14H19N3OS/c1-4-9-15-10(2)12-7-5-6-8-13(12)19-14-17-16-11(3)18-14/h5-8,10,15H,4,9H2,1-3H3. The fourth-order valence-electron chi connectivity index (χ4n) is 1.82. The third kappa shape index (κ3) is 3.81. The molecule has 102 valence electrons. The summed E-state index contributed by atoms with van der Waals surface area (Å²) in [5.74, 6) is 0.595. The predicted molar refractivity (Wildman–Crippen MR) is 76.3 cm³/mol. The maximum Gasteiger partial charge on any atom is 0.281 e. The van der Waals surface area contributed by atoms with Crippen molar-refractivity contribution in [3.05, 3.63) is 35.7 Å². The van der Waals surface area contributed by atoms with Crippen LogP contribution in [0.25, 0.3) is 0 Å². The lowest BCUT2D eigenvalue weighted by Gasteiger charge is -2.16. The quantitative estimate of drug-likeness (QED) is 0.874. The van der Waals surface area contributed by atoms with Gasteiger partial charge < -0.3 is 9.73 Å². The fourth-order valence-corrected chi connectivity index (χ4v) is 2.76. The Hall–Kier alpha value is -1.33. The van der Waals surface area contributed by atoms with Crippen LogP contribution in [0, 0.1) is 6.92 Å². The first-order valence-corrected chi connectivity index (χ1v) is 7.32. The SMILES string of the molecule is CCCNC(C)c1ccccc1Sc1nnc(C)o1. The first kappa shape index (κ1) is 14.1. The molecule has 2 aromatic rings. The minimum atomic E-state index is 0.313. The Morgan fingerprint density at radius 1 is 1.32 bits per heavy atom. The summed E-state index contributed by atoms with van der Waals surface area (Å²) < 4.78 is 5.42. The average molecular weight is 277 g/mol. The third-order valence-corrected chi connectivity index (χ3v) is 3.72. The first-order chi connectivity index (χ1) is 9.20. The Balaban J connectivity index is 2.16. The lowest BCUT2D eigenvalue weighted by Crippen LogP contribution is -2.19. The molecule has 0 aliphatic rings. The van der Waals surface area contributed by atoms with E-state index in [4.69, 9.17) is 4.42 Å². The molecule has 5 heteroatoms. The van der Waals surface area contributed by atoms with Gasteiger partial charge in [0.1, 0.15) is 0 Å². The highest BCUT2D eigenvalue weighted by atomic mass is 32.2. The molecule has 0 fully saturated rings. The summed E-state index contributed by atoms with van der Waals surface area (Å²) in [7, 11) is 0. The summed E-state index contributed by atoms with van der Waals surface area (Å²) in [5, 5.41) is 12.0. The summed E-state index contributed by atoms with van der Waals surface area (Å²) in [6, 6.07) is 8.62. The zero-order valence-electron chi connectivity index (χ0n) is 11.5. The van der Waals surface area contributed by atoms with Crippen LogP contribution in [0.1, 0.15) is 37.8 Å². The van der Waals surface area contributed by atoms with E-state index in [1.807, 2.05) is 6.07 Å². The van der Waals surface area contributed by atoms with Crippen molar-refractivity contribution in [3.8, 4) is 0 Å². The molecule has 19 heavy (non-hydrogen) atoms. The number of aromatic nitrogens is 2. The van der Waals surface area contributed by atoms with Gasteiger partial charge in [-0.2, -0.15) is 0 Å². The van der Waals surface area contributed by atoms with Crippen molar-refractivity contribution in [3.63, 3.8) is 0 Å². The summed E-state index contributed by atoms with van der Waals surface area (Å²) in [6.07, 6.45) is 1.13. The Kier molecular flexibility index (Phi) is 4.99. The van der Waals surface area contributed by atoms with E-state index >= 15 is 0 Å². The molecule has 1 unspecified atom stereocenters. The number of benzene rings is 1. The average Bonchev–Trinajstić information content (AvgIpc) is 2.82. The Labute approximate surface area is 118 Å². The van der Waals surface area contributed by atoms with Crippen LogP contribution in [0.4, 0.5) is 0 Å². The normalized spacial score (nSPS) is 12.6. The van der Waals surface area contributed by atoms with E-state index in [0.717, 1.165) is 17.9 Å². The van der Waals surface area contributed by atoms with E-state index < -0.39 is 0 Å². The first-order valence-electron chi connectivity index (χ1n) is 6.51. The molecule has 0 aliphatic carbocycles. The van der Waals surface area contributed by atoms with Crippen molar-refractivity contribution >= 4 is 11.8 Å². The second-order valence-electron chi connectivity index (χ2n) is 4.40. The van der Waals surface area contributed by atoms with Crippen LogP contribution in [-0.2, 0) is 0 Å². The maximum absolute atomic E-state index is 5.42. The smallest absolute Gasteiger partial charge is 0.281 e. The largest absolute Gasteiger partial charge is 0.416 e. The zero-order valence-corrected chi connectivity index (χ0v) is 12.3. The number of aryl methyl sites for hydroxylation is 1. The molecule has 0 saturated carbocycles. The molecular weight excluding hydrogens is 258 g/mol. The topological polar surface area (TPSA) is 51.0 Å². The molecule has 1 heterocycles. The van der Waals surface area contributed by atoms with E-state index in [0.29, 0.717) is 17.2 Å². The molecule has 1 atom stereocenters. The van der Waals surface area contributed by atoms with Crippen LogP contribution in [0.5, 0.6) is 0 Å². The number of hydrogen-bond acceptors (Lipinski definition) is 5. The van der Waals surface area contributed by atoms with Crippen molar-refractivity contribution < 1.29 is 4.42 Å². The van der Waals surface area contributed by atoms with Gasteiger partial charge >= 0.3 is 0 Å². The molecule has 0 amide bonds. The van der Waals surface area contributed by atoms with Crippen LogP contribution in [-0.4, -0.2) is 16.7 Å². The minimum absolute atomic E-state index is 0.313. The summed E-state index contributed by atoms with van der Waals surface area (Å²) in [6.45, 7) is 7.16. The summed E-state index contributed by atoms with van der Waals surface area (Å²) in [4.78, 5) is 1.15.